The Morgan fingerprint density at radius 1 is 1.22 bits per heavy atom. The normalized spacial score (nSPS) is 10.5. The Morgan fingerprint density at radius 3 is 2.91 bits per heavy atom. The lowest BCUT2D eigenvalue weighted by Crippen LogP contribution is -2.15. The van der Waals surface area contributed by atoms with E-state index in [-0.39, 0.29) is 5.91 Å². The summed E-state index contributed by atoms with van der Waals surface area (Å²) in [5, 5.41) is 7.03. The van der Waals surface area contributed by atoms with Crippen LogP contribution in [-0.4, -0.2) is 27.8 Å². The molecule has 0 bridgehead atoms. The molecule has 6 nitrogen and oxygen atoms in total. The van der Waals surface area contributed by atoms with Gasteiger partial charge < -0.3 is 10.1 Å². The van der Waals surface area contributed by atoms with Gasteiger partial charge in [-0.15, -0.1) is 0 Å². The number of carbonyl (C=O) groups is 1. The molecular formula is C17H16N4O2. The van der Waals surface area contributed by atoms with Crippen molar-refractivity contribution in [3.8, 4) is 5.82 Å². The van der Waals surface area contributed by atoms with Crippen LogP contribution < -0.4 is 5.32 Å². The van der Waals surface area contributed by atoms with Gasteiger partial charge in [-0.3, -0.25) is 4.79 Å². The lowest BCUT2D eigenvalue weighted by molar-refractivity contribution is 0.102. The number of ether oxygens (including phenoxy) is 1. The molecule has 1 aromatic carbocycles. The summed E-state index contributed by atoms with van der Waals surface area (Å²) in [6, 6.07) is 12.7. The van der Waals surface area contributed by atoms with Crippen LogP contribution in [0.2, 0.25) is 0 Å². The van der Waals surface area contributed by atoms with Crippen LogP contribution >= 0.6 is 0 Å². The minimum absolute atomic E-state index is 0.204. The summed E-state index contributed by atoms with van der Waals surface area (Å²) < 4.78 is 6.70. The molecule has 0 atom stereocenters. The predicted octanol–water partition coefficient (Wildman–Crippen LogP) is 2.67. The van der Waals surface area contributed by atoms with Crippen LogP contribution in [0.1, 0.15) is 15.9 Å². The number of aromatic nitrogens is 3. The smallest absolute Gasteiger partial charge is 0.255 e. The number of methoxy groups -OCH3 is 1. The van der Waals surface area contributed by atoms with E-state index in [1.807, 2.05) is 18.2 Å². The summed E-state index contributed by atoms with van der Waals surface area (Å²) in [5.41, 5.74) is 2.10. The molecule has 0 saturated carbocycles. The third-order valence-corrected chi connectivity index (χ3v) is 3.26. The second-order valence-corrected chi connectivity index (χ2v) is 4.91. The standard InChI is InChI=1S/C17H16N4O2/c1-23-12-13-5-2-6-14(11-13)17(22)20-15-7-3-8-18-16(15)21-10-4-9-19-21/h2-11H,12H2,1H3,(H,20,22). The van der Waals surface area contributed by atoms with Crippen LogP contribution in [0.15, 0.2) is 61.1 Å². The van der Waals surface area contributed by atoms with E-state index in [9.17, 15) is 4.79 Å². The highest BCUT2D eigenvalue weighted by atomic mass is 16.5. The Labute approximate surface area is 133 Å². The Balaban J connectivity index is 1.85. The number of nitrogens with zero attached hydrogens (tertiary/aromatic N) is 3. The van der Waals surface area contributed by atoms with E-state index >= 15 is 0 Å². The van der Waals surface area contributed by atoms with E-state index in [1.165, 1.54) is 0 Å². The van der Waals surface area contributed by atoms with E-state index in [0.717, 1.165) is 5.56 Å². The zero-order valence-electron chi connectivity index (χ0n) is 12.6. The number of amides is 1. The largest absolute Gasteiger partial charge is 0.380 e. The van der Waals surface area contributed by atoms with Crippen molar-refractivity contribution in [2.75, 3.05) is 12.4 Å². The Kier molecular flexibility index (Phi) is 4.44. The van der Waals surface area contributed by atoms with Gasteiger partial charge in [0, 0.05) is 31.3 Å². The first kappa shape index (κ1) is 14.9. The van der Waals surface area contributed by atoms with Gasteiger partial charge in [0.05, 0.1) is 12.3 Å². The molecule has 0 aliphatic carbocycles. The van der Waals surface area contributed by atoms with Crippen LogP contribution in [0.25, 0.3) is 5.82 Å². The number of carbonyl (C=O) groups excluding carboxylic acids is 1. The van der Waals surface area contributed by atoms with Gasteiger partial charge in [0.2, 0.25) is 0 Å². The lowest BCUT2D eigenvalue weighted by Gasteiger charge is -2.10. The monoisotopic (exact) mass is 308 g/mol. The molecule has 1 amide bonds. The predicted molar refractivity (Wildman–Crippen MR) is 86.5 cm³/mol. The molecule has 0 unspecified atom stereocenters. The van der Waals surface area contributed by atoms with E-state index in [0.29, 0.717) is 23.7 Å². The quantitative estimate of drug-likeness (QED) is 0.787. The highest BCUT2D eigenvalue weighted by Gasteiger charge is 2.11. The summed E-state index contributed by atoms with van der Waals surface area (Å²) in [6.07, 6.45) is 5.09. The number of hydrogen-bond acceptors (Lipinski definition) is 4. The van der Waals surface area contributed by atoms with Gasteiger partial charge in [-0.2, -0.15) is 5.10 Å². The number of benzene rings is 1. The van der Waals surface area contributed by atoms with Gasteiger partial charge >= 0.3 is 0 Å². The van der Waals surface area contributed by atoms with Crippen molar-refractivity contribution in [3.05, 3.63) is 72.2 Å². The number of rotatable bonds is 5. The van der Waals surface area contributed by atoms with Crippen molar-refractivity contribution in [2.45, 2.75) is 6.61 Å². The molecule has 2 aromatic heterocycles. The van der Waals surface area contributed by atoms with Crippen LogP contribution in [0.4, 0.5) is 5.69 Å². The van der Waals surface area contributed by atoms with Crippen molar-refractivity contribution in [2.24, 2.45) is 0 Å². The minimum Gasteiger partial charge on any atom is -0.380 e. The molecule has 3 aromatic rings. The van der Waals surface area contributed by atoms with Gasteiger partial charge in [-0.25, -0.2) is 9.67 Å². The van der Waals surface area contributed by atoms with Gasteiger partial charge in [0.25, 0.3) is 5.91 Å². The molecule has 116 valence electrons. The SMILES string of the molecule is COCc1cccc(C(=O)Nc2cccnc2-n2cccn2)c1. The first-order valence-electron chi connectivity index (χ1n) is 7.12. The summed E-state index contributed by atoms with van der Waals surface area (Å²) in [6.45, 7) is 0.465. The van der Waals surface area contributed by atoms with E-state index in [1.54, 1.807) is 54.6 Å². The van der Waals surface area contributed by atoms with Gasteiger partial charge in [-0.05, 0) is 35.9 Å². The van der Waals surface area contributed by atoms with Gasteiger partial charge in [-0.1, -0.05) is 12.1 Å². The highest BCUT2D eigenvalue weighted by Crippen LogP contribution is 2.17. The summed E-state index contributed by atoms with van der Waals surface area (Å²) in [5.74, 6) is 0.364. The summed E-state index contributed by atoms with van der Waals surface area (Å²) in [4.78, 5) is 16.8. The third kappa shape index (κ3) is 3.44. The number of hydrogen-bond donors (Lipinski definition) is 1. The molecule has 0 saturated heterocycles. The summed E-state index contributed by atoms with van der Waals surface area (Å²) in [7, 11) is 1.62. The zero-order valence-corrected chi connectivity index (χ0v) is 12.6. The van der Waals surface area contributed by atoms with Crippen molar-refractivity contribution >= 4 is 11.6 Å². The van der Waals surface area contributed by atoms with E-state index < -0.39 is 0 Å². The first-order chi connectivity index (χ1) is 11.3. The lowest BCUT2D eigenvalue weighted by atomic mass is 10.1. The molecule has 0 fully saturated rings. The average Bonchev–Trinajstić information content (AvgIpc) is 3.10. The molecule has 2 heterocycles. The maximum atomic E-state index is 12.5. The molecule has 0 spiro atoms. The van der Waals surface area contributed by atoms with Crippen LogP contribution in [-0.2, 0) is 11.3 Å². The van der Waals surface area contributed by atoms with Gasteiger partial charge in [0.15, 0.2) is 5.82 Å². The third-order valence-electron chi connectivity index (χ3n) is 3.26. The molecule has 0 aliphatic rings. The Morgan fingerprint density at radius 2 is 2.13 bits per heavy atom. The average molecular weight is 308 g/mol. The van der Waals surface area contributed by atoms with Crippen LogP contribution in [0, 0.1) is 0 Å². The number of pyridine rings is 1. The Bertz CT molecular complexity index is 800. The molecule has 6 heteroatoms. The second-order valence-electron chi connectivity index (χ2n) is 4.91. The number of anilines is 1. The van der Waals surface area contributed by atoms with Gasteiger partial charge in [0.1, 0.15) is 0 Å². The van der Waals surface area contributed by atoms with E-state index in [4.69, 9.17) is 4.74 Å². The highest BCUT2D eigenvalue weighted by molar-refractivity contribution is 6.05. The molecule has 0 radical (unpaired) electrons. The van der Waals surface area contributed by atoms with Crippen LogP contribution in [0.3, 0.4) is 0 Å². The fraction of sp³-hybridized carbons (Fsp3) is 0.118. The summed E-state index contributed by atoms with van der Waals surface area (Å²) >= 11 is 0. The topological polar surface area (TPSA) is 69.0 Å². The molecule has 23 heavy (non-hydrogen) atoms. The van der Waals surface area contributed by atoms with Crippen molar-refractivity contribution < 1.29 is 9.53 Å². The zero-order chi connectivity index (χ0) is 16.1. The first-order valence-corrected chi connectivity index (χ1v) is 7.12. The van der Waals surface area contributed by atoms with Crippen molar-refractivity contribution in [3.63, 3.8) is 0 Å². The number of nitrogens with one attached hydrogen (secondary N) is 1. The van der Waals surface area contributed by atoms with Crippen molar-refractivity contribution in [1.29, 1.82) is 0 Å². The Hall–Kier alpha value is -2.99. The van der Waals surface area contributed by atoms with Crippen molar-refractivity contribution in [1.82, 2.24) is 14.8 Å². The molecule has 0 aliphatic heterocycles. The minimum atomic E-state index is -0.204. The van der Waals surface area contributed by atoms with Crippen LogP contribution in [0.5, 0.6) is 0 Å². The second kappa shape index (κ2) is 6.85. The van der Waals surface area contributed by atoms with E-state index in [2.05, 4.69) is 15.4 Å². The molecular weight excluding hydrogens is 292 g/mol. The maximum absolute atomic E-state index is 12.5. The molecule has 1 N–H and O–H groups in total. The molecule has 3 rings (SSSR count). The fourth-order valence-corrected chi connectivity index (χ4v) is 2.23. The maximum Gasteiger partial charge on any atom is 0.255 e. The fourth-order valence-electron chi connectivity index (χ4n) is 2.23.